The number of pyridine rings is 1. The molecule has 0 aliphatic carbocycles. The van der Waals surface area contributed by atoms with Gasteiger partial charge in [0.1, 0.15) is 0 Å². The Labute approximate surface area is 70.5 Å². The Morgan fingerprint density at radius 2 is 2.25 bits per heavy atom. The zero-order valence-corrected chi connectivity index (χ0v) is 6.78. The van der Waals surface area contributed by atoms with E-state index in [0.29, 0.717) is 0 Å². The summed E-state index contributed by atoms with van der Waals surface area (Å²) in [4.78, 5) is 4.04. The minimum absolute atomic E-state index is 1.07. The van der Waals surface area contributed by atoms with E-state index in [9.17, 15) is 0 Å². The molecule has 3 nitrogen and oxygen atoms in total. The predicted octanol–water partition coefficient (Wildman–Crippen LogP) is 1.78. The minimum atomic E-state index is 1.07. The highest BCUT2D eigenvalue weighted by Gasteiger charge is 2.01. The molecule has 0 bridgehead atoms. The number of rotatable bonds is 1. The molecule has 0 unspecified atom stereocenters. The van der Waals surface area contributed by atoms with Gasteiger partial charge in [-0.05, 0) is 13.0 Å². The van der Waals surface area contributed by atoms with E-state index in [1.807, 2.05) is 31.5 Å². The summed E-state index contributed by atoms with van der Waals surface area (Å²) in [7, 11) is 0. The SMILES string of the molecule is Cc1[nH]ncc1-c1cccnc1. The van der Waals surface area contributed by atoms with Gasteiger partial charge in [0.25, 0.3) is 0 Å². The van der Waals surface area contributed by atoms with Crippen molar-refractivity contribution in [3.8, 4) is 11.1 Å². The first-order chi connectivity index (χ1) is 5.88. The second-order valence-corrected chi connectivity index (χ2v) is 2.65. The van der Waals surface area contributed by atoms with Crippen molar-refractivity contribution in [3.63, 3.8) is 0 Å². The zero-order chi connectivity index (χ0) is 8.39. The van der Waals surface area contributed by atoms with Gasteiger partial charge in [0.2, 0.25) is 0 Å². The minimum Gasteiger partial charge on any atom is -0.282 e. The summed E-state index contributed by atoms with van der Waals surface area (Å²) in [5.74, 6) is 0. The summed E-state index contributed by atoms with van der Waals surface area (Å²) in [5, 5.41) is 6.83. The summed E-state index contributed by atoms with van der Waals surface area (Å²) < 4.78 is 0. The van der Waals surface area contributed by atoms with E-state index >= 15 is 0 Å². The lowest BCUT2D eigenvalue weighted by Gasteiger charge is -1.95. The van der Waals surface area contributed by atoms with Gasteiger partial charge in [-0.25, -0.2) is 0 Å². The van der Waals surface area contributed by atoms with E-state index in [1.54, 1.807) is 6.20 Å². The Bertz CT molecular complexity index is 364. The van der Waals surface area contributed by atoms with Crippen LogP contribution in [0.25, 0.3) is 11.1 Å². The summed E-state index contributed by atoms with van der Waals surface area (Å²) in [6.07, 6.45) is 5.41. The molecule has 0 aliphatic rings. The Morgan fingerprint density at radius 3 is 2.83 bits per heavy atom. The standard InChI is InChI=1S/C9H9N3/c1-7-9(6-11-12-7)8-3-2-4-10-5-8/h2-6H,1H3,(H,11,12). The summed E-state index contributed by atoms with van der Waals surface area (Å²) in [5.41, 5.74) is 3.29. The lowest BCUT2D eigenvalue weighted by atomic mass is 10.1. The molecule has 0 atom stereocenters. The first kappa shape index (κ1) is 7.03. The maximum atomic E-state index is 4.04. The van der Waals surface area contributed by atoms with Gasteiger partial charge in [-0.3, -0.25) is 10.1 Å². The van der Waals surface area contributed by atoms with Crippen LogP contribution in [-0.2, 0) is 0 Å². The molecule has 0 radical (unpaired) electrons. The first-order valence-corrected chi connectivity index (χ1v) is 3.78. The topological polar surface area (TPSA) is 41.6 Å². The molecule has 3 heteroatoms. The molecule has 2 aromatic rings. The zero-order valence-electron chi connectivity index (χ0n) is 6.78. The van der Waals surface area contributed by atoms with Crippen LogP contribution in [0.4, 0.5) is 0 Å². The van der Waals surface area contributed by atoms with Crippen molar-refractivity contribution in [2.45, 2.75) is 6.92 Å². The van der Waals surface area contributed by atoms with Crippen LogP contribution in [0, 0.1) is 6.92 Å². The van der Waals surface area contributed by atoms with Gasteiger partial charge in [-0.1, -0.05) is 6.07 Å². The molecule has 0 amide bonds. The van der Waals surface area contributed by atoms with E-state index in [-0.39, 0.29) is 0 Å². The average Bonchev–Trinajstić information content (AvgIpc) is 2.53. The number of aromatic amines is 1. The molecule has 60 valence electrons. The Kier molecular flexibility index (Phi) is 1.63. The van der Waals surface area contributed by atoms with E-state index in [0.717, 1.165) is 16.8 Å². The summed E-state index contributed by atoms with van der Waals surface area (Å²) in [6, 6.07) is 3.94. The predicted molar refractivity (Wildman–Crippen MR) is 46.6 cm³/mol. The number of aromatic nitrogens is 3. The molecule has 2 heterocycles. The maximum Gasteiger partial charge on any atom is 0.0569 e. The first-order valence-electron chi connectivity index (χ1n) is 3.78. The largest absolute Gasteiger partial charge is 0.282 e. The van der Waals surface area contributed by atoms with Gasteiger partial charge in [-0.15, -0.1) is 0 Å². The highest BCUT2D eigenvalue weighted by atomic mass is 15.1. The molecular formula is C9H9N3. The molecule has 2 aromatic heterocycles. The van der Waals surface area contributed by atoms with Crippen LogP contribution in [0.3, 0.4) is 0 Å². The second-order valence-electron chi connectivity index (χ2n) is 2.65. The number of nitrogens with zero attached hydrogens (tertiary/aromatic N) is 2. The molecular weight excluding hydrogens is 150 g/mol. The van der Waals surface area contributed by atoms with Crippen LogP contribution in [0.1, 0.15) is 5.69 Å². The third-order valence-electron chi connectivity index (χ3n) is 1.80. The van der Waals surface area contributed by atoms with E-state index in [2.05, 4.69) is 15.2 Å². The van der Waals surface area contributed by atoms with Crippen LogP contribution >= 0.6 is 0 Å². The smallest absolute Gasteiger partial charge is 0.0569 e. The Hall–Kier alpha value is -1.64. The molecule has 1 N–H and O–H groups in total. The fraction of sp³-hybridized carbons (Fsp3) is 0.111. The quantitative estimate of drug-likeness (QED) is 0.689. The lowest BCUT2D eigenvalue weighted by Crippen LogP contribution is -1.79. The van der Waals surface area contributed by atoms with Gasteiger partial charge < -0.3 is 0 Å². The number of hydrogen-bond donors (Lipinski definition) is 1. The highest BCUT2D eigenvalue weighted by molar-refractivity contribution is 5.63. The van der Waals surface area contributed by atoms with Gasteiger partial charge in [0.15, 0.2) is 0 Å². The van der Waals surface area contributed by atoms with Crippen LogP contribution < -0.4 is 0 Å². The molecule has 0 fully saturated rings. The van der Waals surface area contributed by atoms with Crippen molar-refractivity contribution in [2.75, 3.05) is 0 Å². The van der Waals surface area contributed by atoms with E-state index in [1.165, 1.54) is 0 Å². The molecule has 0 spiro atoms. The molecule has 0 aliphatic heterocycles. The normalized spacial score (nSPS) is 10.1. The number of H-pyrrole nitrogens is 1. The molecule has 0 aromatic carbocycles. The van der Waals surface area contributed by atoms with E-state index < -0.39 is 0 Å². The monoisotopic (exact) mass is 159 g/mol. The second kappa shape index (κ2) is 2.77. The summed E-state index contributed by atoms with van der Waals surface area (Å²) in [6.45, 7) is 2.00. The van der Waals surface area contributed by atoms with Crippen LogP contribution in [0.2, 0.25) is 0 Å². The fourth-order valence-corrected chi connectivity index (χ4v) is 1.16. The molecule has 2 rings (SSSR count). The fourth-order valence-electron chi connectivity index (χ4n) is 1.16. The molecule has 12 heavy (non-hydrogen) atoms. The summed E-state index contributed by atoms with van der Waals surface area (Å²) >= 11 is 0. The third-order valence-corrected chi connectivity index (χ3v) is 1.80. The van der Waals surface area contributed by atoms with Gasteiger partial charge in [0, 0.05) is 29.2 Å². The van der Waals surface area contributed by atoms with Gasteiger partial charge >= 0.3 is 0 Å². The van der Waals surface area contributed by atoms with Crippen molar-refractivity contribution in [2.24, 2.45) is 0 Å². The molecule has 0 saturated heterocycles. The van der Waals surface area contributed by atoms with Crippen molar-refractivity contribution < 1.29 is 0 Å². The van der Waals surface area contributed by atoms with Crippen molar-refractivity contribution in [1.82, 2.24) is 15.2 Å². The van der Waals surface area contributed by atoms with E-state index in [4.69, 9.17) is 0 Å². The number of hydrogen-bond acceptors (Lipinski definition) is 2. The van der Waals surface area contributed by atoms with Gasteiger partial charge in [-0.2, -0.15) is 5.10 Å². The van der Waals surface area contributed by atoms with Crippen LogP contribution in [0.15, 0.2) is 30.7 Å². The Balaban J connectivity index is 2.51. The maximum absolute atomic E-state index is 4.04. The highest BCUT2D eigenvalue weighted by Crippen LogP contribution is 2.19. The number of nitrogens with one attached hydrogen (secondary N) is 1. The number of aryl methyl sites for hydroxylation is 1. The van der Waals surface area contributed by atoms with Crippen LogP contribution in [0.5, 0.6) is 0 Å². The van der Waals surface area contributed by atoms with Crippen LogP contribution in [-0.4, -0.2) is 15.2 Å². The Morgan fingerprint density at radius 1 is 1.33 bits per heavy atom. The average molecular weight is 159 g/mol. The third kappa shape index (κ3) is 1.09. The lowest BCUT2D eigenvalue weighted by molar-refractivity contribution is 1.05. The van der Waals surface area contributed by atoms with Gasteiger partial charge in [0.05, 0.1) is 6.20 Å². The van der Waals surface area contributed by atoms with Crippen molar-refractivity contribution >= 4 is 0 Å². The van der Waals surface area contributed by atoms with Crippen molar-refractivity contribution in [1.29, 1.82) is 0 Å². The molecule has 0 saturated carbocycles. The van der Waals surface area contributed by atoms with Crippen molar-refractivity contribution in [3.05, 3.63) is 36.4 Å².